The maximum atomic E-state index is 13.5. The second kappa shape index (κ2) is 8.49. The smallest absolute Gasteiger partial charge is 0.387 e. The van der Waals surface area contributed by atoms with Gasteiger partial charge in [0.15, 0.2) is 11.5 Å². The number of rotatable bonds is 6. The maximum Gasteiger partial charge on any atom is 0.387 e. The van der Waals surface area contributed by atoms with Crippen molar-refractivity contribution < 1.29 is 18.3 Å². The molecule has 0 radical (unpaired) electrons. The zero-order valence-electron chi connectivity index (χ0n) is 18.4. The van der Waals surface area contributed by atoms with Crippen LogP contribution in [0.4, 0.5) is 8.78 Å². The fourth-order valence-corrected chi connectivity index (χ4v) is 5.02. The van der Waals surface area contributed by atoms with Crippen molar-refractivity contribution in [1.29, 1.82) is 0 Å². The largest absolute Gasteiger partial charge is 0.434 e. The second-order valence-corrected chi connectivity index (χ2v) is 8.56. The third kappa shape index (κ3) is 3.77. The van der Waals surface area contributed by atoms with E-state index in [0.717, 1.165) is 32.2 Å². The monoisotopic (exact) mass is 422 g/mol. The van der Waals surface area contributed by atoms with Gasteiger partial charge in [-0.05, 0) is 75.5 Å². The van der Waals surface area contributed by atoms with Crippen LogP contribution >= 0.6 is 0 Å². The molecule has 1 aromatic rings. The molecular weight excluding hydrogens is 390 g/mol. The molecule has 0 aliphatic carbocycles. The highest BCUT2D eigenvalue weighted by atomic mass is 19.3. The Hall–Kier alpha value is -2.22. The first kappa shape index (κ1) is 22.5. The summed E-state index contributed by atoms with van der Waals surface area (Å²) in [7, 11) is 3.75. The highest BCUT2D eigenvalue weighted by Crippen LogP contribution is 2.47. The minimum Gasteiger partial charge on any atom is -0.434 e. The Morgan fingerprint density at radius 3 is 2.43 bits per heavy atom. The quantitative estimate of drug-likeness (QED) is 0.763. The molecule has 1 fully saturated rings. The Balaban J connectivity index is 2.10. The first-order valence-electron chi connectivity index (χ1n) is 10.5. The summed E-state index contributed by atoms with van der Waals surface area (Å²) >= 11 is 0. The van der Waals surface area contributed by atoms with Crippen LogP contribution in [0.25, 0.3) is 0 Å². The molecule has 1 saturated heterocycles. The summed E-state index contributed by atoms with van der Waals surface area (Å²) in [6, 6.07) is 3.88. The number of likely N-dealkylation sites (tertiary alicyclic amines) is 1. The van der Waals surface area contributed by atoms with Crippen LogP contribution < -0.4 is 10.5 Å². The number of alkyl halides is 2. The summed E-state index contributed by atoms with van der Waals surface area (Å²) in [5.74, 6) is 0.147. The molecule has 8 heteroatoms. The number of aryl methyl sites for hydroxylation is 2. The topological polar surface area (TPSA) is 71.2 Å². The number of amides is 1. The van der Waals surface area contributed by atoms with Crippen molar-refractivity contribution in [3.05, 3.63) is 28.8 Å². The lowest BCUT2D eigenvalue weighted by molar-refractivity contribution is -0.133. The fourth-order valence-electron chi connectivity index (χ4n) is 5.02. The number of guanidine groups is 1. The van der Waals surface area contributed by atoms with Crippen LogP contribution in [-0.4, -0.2) is 55.0 Å². The van der Waals surface area contributed by atoms with Gasteiger partial charge in [-0.15, -0.1) is 0 Å². The molecule has 1 amide bonds. The highest BCUT2D eigenvalue weighted by Gasteiger charge is 2.54. The van der Waals surface area contributed by atoms with Gasteiger partial charge in [0.1, 0.15) is 5.75 Å². The Bertz CT molecular complexity index is 821. The summed E-state index contributed by atoms with van der Waals surface area (Å²) in [6.07, 6.45) is 3.74. The van der Waals surface area contributed by atoms with Crippen LogP contribution in [0.3, 0.4) is 0 Å². The highest BCUT2D eigenvalue weighted by molar-refractivity contribution is 6.07. The van der Waals surface area contributed by atoms with Gasteiger partial charge < -0.3 is 15.4 Å². The molecule has 3 rings (SSSR count). The van der Waals surface area contributed by atoms with Crippen LogP contribution in [0.1, 0.15) is 49.3 Å². The molecule has 3 unspecified atom stereocenters. The minimum absolute atomic E-state index is 0.0260. The van der Waals surface area contributed by atoms with E-state index in [1.807, 2.05) is 0 Å². The van der Waals surface area contributed by atoms with Gasteiger partial charge in [0.05, 0.1) is 0 Å². The van der Waals surface area contributed by atoms with Crippen LogP contribution in [0.5, 0.6) is 5.75 Å². The van der Waals surface area contributed by atoms with E-state index in [0.29, 0.717) is 22.7 Å². The SMILES string of the molecule is CCCC1CC(C2(c3cc(C)c(OC(F)F)c(C)c3)N=C(N)N(C)C2=O)CCN1C. The van der Waals surface area contributed by atoms with E-state index in [2.05, 4.69) is 18.9 Å². The Morgan fingerprint density at radius 1 is 1.30 bits per heavy atom. The van der Waals surface area contributed by atoms with Crippen LogP contribution in [-0.2, 0) is 10.3 Å². The third-order valence-electron chi connectivity index (χ3n) is 6.60. The van der Waals surface area contributed by atoms with Crippen molar-refractivity contribution in [1.82, 2.24) is 9.80 Å². The van der Waals surface area contributed by atoms with E-state index in [-0.39, 0.29) is 23.5 Å². The summed E-state index contributed by atoms with van der Waals surface area (Å²) in [4.78, 5) is 22.0. The number of nitrogens with two attached hydrogens (primary N) is 1. The molecule has 0 bridgehead atoms. The number of ether oxygens (including phenoxy) is 1. The maximum absolute atomic E-state index is 13.5. The normalized spacial score (nSPS) is 27.7. The molecule has 6 nitrogen and oxygen atoms in total. The Kier molecular flexibility index (Phi) is 6.36. The molecule has 0 saturated carbocycles. The van der Waals surface area contributed by atoms with Gasteiger partial charge in [-0.25, -0.2) is 4.99 Å². The standard InChI is InChI=1S/C22H32F2N4O2/c1-6-7-17-12-15(8-9-27(17)4)22(19(29)28(5)21(25)26-22)16-10-13(2)18(14(3)11-16)30-20(23)24/h10-11,15,17,20H,6-9,12H2,1-5H3,(H2,25,26). The van der Waals surface area contributed by atoms with Gasteiger partial charge in [-0.2, -0.15) is 8.78 Å². The van der Waals surface area contributed by atoms with E-state index in [1.54, 1.807) is 33.0 Å². The molecular formula is C22H32F2N4O2. The number of hydrogen-bond acceptors (Lipinski definition) is 5. The van der Waals surface area contributed by atoms with E-state index < -0.39 is 12.2 Å². The number of nitrogens with zero attached hydrogens (tertiary/aromatic N) is 3. The number of halogens is 2. The molecule has 0 spiro atoms. The zero-order valence-corrected chi connectivity index (χ0v) is 18.4. The molecule has 1 aromatic carbocycles. The first-order valence-corrected chi connectivity index (χ1v) is 10.5. The van der Waals surface area contributed by atoms with Gasteiger partial charge in [-0.3, -0.25) is 9.69 Å². The number of carbonyl (C=O) groups excluding carboxylic acids is 1. The summed E-state index contributed by atoms with van der Waals surface area (Å²) < 4.78 is 30.4. The van der Waals surface area contributed by atoms with Gasteiger partial charge in [0.25, 0.3) is 5.91 Å². The molecule has 2 heterocycles. The van der Waals surface area contributed by atoms with Gasteiger partial charge in [0.2, 0.25) is 0 Å². The average Bonchev–Trinajstić information content (AvgIpc) is 2.91. The number of piperidine rings is 1. The molecule has 2 N–H and O–H groups in total. The first-order chi connectivity index (χ1) is 14.1. The predicted molar refractivity (Wildman–Crippen MR) is 113 cm³/mol. The van der Waals surface area contributed by atoms with E-state index >= 15 is 0 Å². The van der Waals surface area contributed by atoms with Crippen molar-refractivity contribution in [2.24, 2.45) is 16.6 Å². The molecule has 30 heavy (non-hydrogen) atoms. The molecule has 3 atom stereocenters. The minimum atomic E-state index is -2.90. The van der Waals surface area contributed by atoms with E-state index in [1.165, 1.54) is 4.90 Å². The van der Waals surface area contributed by atoms with Gasteiger partial charge in [-0.1, -0.05) is 13.3 Å². The van der Waals surface area contributed by atoms with Crippen LogP contribution in [0.2, 0.25) is 0 Å². The number of aliphatic imine (C=N–C) groups is 1. The number of carbonyl (C=O) groups is 1. The lowest BCUT2D eigenvalue weighted by Crippen LogP contribution is -2.50. The number of benzene rings is 1. The summed E-state index contributed by atoms with van der Waals surface area (Å²) in [6.45, 7) is 3.55. The molecule has 166 valence electrons. The van der Waals surface area contributed by atoms with E-state index in [4.69, 9.17) is 15.5 Å². The fraction of sp³-hybridized carbons (Fsp3) is 0.636. The lowest BCUT2D eigenvalue weighted by Gasteiger charge is -2.43. The lowest BCUT2D eigenvalue weighted by atomic mass is 9.70. The molecule has 0 aromatic heterocycles. The van der Waals surface area contributed by atoms with Gasteiger partial charge in [0, 0.05) is 19.0 Å². The van der Waals surface area contributed by atoms with Crippen molar-refractivity contribution in [2.75, 3.05) is 20.6 Å². The summed E-state index contributed by atoms with van der Waals surface area (Å²) in [5, 5.41) is 0. The van der Waals surface area contributed by atoms with E-state index in [9.17, 15) is 13.6 Å². The van der Waals surface area contributed by atoms with Crippen LogP contribution in [0.15, 0.2) is 17.1 Å². The van der Waals surface area contributed by atoms with Crippen molar-refractivity contribution >= 4 is 11.9 Å². The zero-order chi connectivity index (χ0) is 22.2. The van der Waals surface area contributed by atoms with Crippen molar-refractivity contribution in [2.45, 2.75) is 64.6 Å². The molecule has 2 aliphatic rings. The predicted octanol–water partition coefficient (Wildman–Crippen LogP) is 3.40. The summed E-state index contributed by atoms with van der Waals surface area (Å²) in [5.41, 5.74) is 6.77. The second-order valence-electron chi connectivity index (χ2n) is 8.56. The number of hydrogen-bond donors (Lipinski definition) is 1. The van der Waals surface area contributed by atoms with Crippen molar-refractivity contribution in [3.63, 3.8) is 0 Å². The van der Waals surface area contributed by atoms with Crippen molar-refractivity contribution in [3.8, 4) is 5.75 Å². The Morgan fingerprint density at radius 2 is 1.93 bits per heavy atom. The Labute approximate surface area is 177 Å². The third-order valence-corrected chi connectivity index (χ3v) is 6.60. The van der Waals surface area contributed by atoms with Crippen LogP contribution in [0, 0.1) is 19.8 Å². The van der Waals surface area contributed by atoms with Gasteiger partial charge >= 0.3 is 6.61 Å². The number of likely N-dealkylation sites (N-methyl/N-ethyl adjacent to an activating group) is 1. The molecule has 2 aliphatic heterocycles. The average molecular weight is 423 g/mol.